The second kappa shape index (κ2) is 29.4. The maximum Gasteiger partial charge on any atom is 0.261 e. The van der Waals surface area contributed by atoms with Crippen LogP contribution in [0.5, 0.6) is 34.5 Å². The van der Waals surface area contributed by atoms with Crippen LogP contribution in [0, 0.1) is 0 Å². The van der Waals surface area contributed by atoms with Crippen LogP contribution in [-0.2, 0) is 5.41 Å². The van der Waals surface area contributed by atoms with Gasteiger partial charge in [0.05, 0.1) is 11.4 Å². The molecule has 0 saturated heterocycles. The van der Waals surface area contributed by atoms with Gasteiger partial charge in [-0.1, -0.05) is 391 Å². The smallest absolute Gasteiger partial charge is 0.261 e. The van der Waals surface area contributed by atoms with E-state index in [1.165, 1.54) is 0 Å². The number of rotatable bonds is 12. The number of hydrogen-bond donors (Lipinski definition) is 0. The molecule has 0 radical (unpaired) electrons. The van der Waals surface area contributed by atoms with Crippen molar-refractivity contribution in [3.8, 4) is 135 Å². The van der Waals surface area contributed by atoms with Crippen LogP contribution in [0.3, 0.4) is 0 Å². The summed E-state index contributed by atoms with van der Waals surface area (Å²) in [4.78, 5) is 7.90. The molecule has 127 heavy (non-hydrogen) atoms. The molecule has 25 rings (SSSR count). The summed E-state index contributed by atoms with van der Waals surface area (Å²) in [5, 5.41) is 0. The number of anilines is 9. The largest absolute Gasteiger partial charge is 0.459 e. The predicted molar refractivity (Wildman–Crippen MR) is 532 cm³/mol. The SMILES string of the molecule is CC(C)(C)c1cc2c3c(c1)N(c1c(-c4ccccc4)cccc1-c1ccccc1)c1cc4c5c(c1B3c1c(cc3c6c1Oc1ccc(-c7ccccc7)cc1B6c1cc(-c6ccccc6)ccc1O3)N2c1c(-c2ccccc2)cccc1-c1ccccc1)Oc1ccc(-c2ccccc2)cc1B5c1cc(-c2ccccc2)ccc1N4c1ccc(-c2ccccc2)cc1. The third-order valence-electron chi connectivity index (χ3n) is 27.0. The lowest BCUT2D eigenvalue weighted by Crippen LogP contribution is -2.67. The zero-order valence-corrected chi connectivity index (χ0v) is 70.3. The highest BCUT2D eigenvalue weighted by atomic mass is 16.5. The number of benzene rings is 19. The van der Waals surface area contributed by atoms with E-state index >= 15 is 0 Å². The van der Waals surface area contributed by atoms with Gasteiger partial charge in [-0.3, -0.25) is 0 Å². The Kier molecular flexibility index (Phi) is 17.1. The minimum Gasteiger partial charge on any atom is -0.459 e. The monoisotopic (exact) mass is 1620 g/mol. The third-order valence-corrected chi connectivity index (χ3v) is 27.0. The molecule has 0 fully saturated rings. The second-order valence-corrected chi connectivity index (χ2v) is 35.2. The van der Waals surface area contributed by atoms with E-state index in [2.05, 4.69) is 466 Å². The maximum absolute atomic E-state index is 8.59. The van der Waals surface area contributed by atoms with E-state index in [9.17, 15) is 0 Å². The van der Waals surface area contributed by atoms with Crippen LogP contribution >= 0.6 is 0 Å². The highest BCUT2D eigenvalue weighted by Crippen LogP contribution is 2.58. The molecule has 0 aromatic heterocycles. The maximum atomic E-state index is 8.59. The van der Waals surface area contributed by atoms with Gasteiger partial charge in [0, 0.05) is 73.6 Å². The quantitative estimate of drug-likeness (QED) is 0.114. The van der Waals surface area contributed by atoms with E-state index in [-0.39, 0.29) is 6.71 Å². The third kappa shape index (κ3) is 12.0. The van der Waals surface area contributed by atoms with E-state index in [4.69, 9.17) is 14.2 Å². The number of ether oxygens (including phenoxy) is 3. The normalized spacial score (nSPS) is 13.1. The molecule has 6 aliphatic rings. The van der Waals surface area contributed by atoms with Gasteiger partial charge in [-0.25, -0.2) is 0 Å². The van der Waals surface area contributed by atoms with Gasteiger partial charge in [-0.05, 0) is 187 Å². The van der Waals surface area contributed by atoms with Crippen molar-refractivity contribution in [1.29, 1.82) is 0 Å². The Hall–Kier alpha value is -15.8. The van der Waals surface area contributed by atoms with Crippen molar-refractivity contribution < 1.29 is 14.2 Å². The molecular formula is C118H80B3N3O3. The van der Waals surface area contributed by atoms with Crippen LogP contribution in [0.15, 0.2) is 431 Å². The van der Waals surface area contributed by atoms with Gasteiger partial charge < -0.3 is 28.9 Å². The van der Waals surface area contributed by atoms with E-state index < -0.39 is 18.8 Å². The Morgan fingerprint density at radius 3 is 0.874 bits per heavy atom. The Morgan fingerprint density at radius 2 is 0.488 bits per heavy atom. The van der Waals surface area contributed by atoms with Gasteiger partial charge in [-0.2, -0.15) is 0 Å². The van der Waals surface area contributed by atoms with Crippen molar-refractivity contribution in [2.24, 2.45) is 0 Å². The standard InChI is InChI=1S/C118H80B3N3O3/c1-118(2,3)89-71-100-109-101(72-89)124(115-93(83-47-27-11-28-48-83)53-32-54-94(115)84-49-29-12-30-50-84)104-74-108-113-117(127-107-66-60-88(79-41-21-8-22-42-79)70-98(107)120(113)96-68-86(58-64-105(96)125-108)77-37-17-6-18-38-77)112(104)121(109)111-103(123(100)114-91(81-43-23-9-24-44-81)51-31-52-92(114)82-45-25-10-26-46-82)73-102-110-116(111)126-106-65-59-87(78-39-19-7-20-40-78)69-97(106)119(110)95-67-85(76-35-15-5-16-36-76)57-63-99(95)122(102)90-61-55-80(56-62-90)75-33-13-4-14-34-75/h4-74H,1-3H3. The number of hydrogen-bond acceptors (Lipinski definition) is 6. The first-order valence-electron chi connectivity index (χ1n) is 44.1. The molecule has 0 spiro atoms. The molecule has 594 valence electrons. The molecule has 0 atom stereocenters. The molecule has 0 saturated carbocycles. The molecule has 6 heterocycles. The van der Waals surface area contributed by atoms with Crippen molar-refractivity contribution in [3.63, 3.8) is 0 Å². The van der Waals surface area contributed by atoms with E-state index in [1.54, 1.807) is 0 Å². The Labute approximate surface area is 741 Å². The molecule has 0 amide bonds. The summed E-state index contributed by atoms with van der Waals surface area (Å²) >= 11 is 0. The minimum atomic E-state index is -0.658. The van der Waals surface area contributed by atoms with Gasteiger partial charge in [0.25, 0.3) is 20.1 Å². The highest BCUT2D eigenvalue weighted by molar-refractivity contribution is 7.05. The van der Waals surface area contributed by atoms with Gasteiger partial charge in [0.2, 0.25) is 0 Å². The molecule has 19 aromatic rings. The number of nitrogens with zero attached hydrogens (tertiary/aromatic N) is 3. The summed E-state index contributed by atoms with van der Waals surface area (Å²) in [5.41, 5.74) is 39.1. The van der Waals surface area contributed by atoms with Gasteiger partial charge in [-0.15, -0.1) is 0 Å². The van der Waals surface area contributed by atoms with Crippen LogP contribution in [0.4, 0.5) is 51.2 Å². The number of fused-ring (bicyclic) bond motifs is 14. The molecule has 6 aliphatic heterocycles. The molecule has 0 aliphatic carbocycles. The Morgan fingerprint density at radius 1 is 0.197 bits per heavy atom. The molecule has 0 unspecified atom stereocenters. The summed E-state index contributed by atoms with van der Waals surface area (Å²) in [6.45, 7) is 5.69. The van der Waals surface area contributed by atoms with Crippen LogP contribution in [0.2, 0.25) is 0 Å². The van der Waals surface area contributed by atoms with E-state index in [0.717, 1.165) is 241 Å². The first kappa shape index (κ1) is 73.9. The summed E-state index contributed by atoms with van der Waals surface area (Å²) in [5.74, 6) is 4.61. The van der Waals surface area contributed by atoms with Crippen LogP contribution in [-0.4, -0.2) is 20.1 Å². The average molecular weight is 1620 g/mol. The fraction of sp³-hybridized carbons (Fsp3) is 0.0339. The predicted octanol–water partition coefficient (Wildman–Crippen LogP) is 25.2. The van der Waals surface area contributed by atoms with Crippen molar-refractivity contribution in [2.45, 2.75) is 26.2 Å². The van der Waals surface area contributed by atoms with Gasteiger partial charge in [0.15, 0.2) is 0 Å². The zero-order valence-electron chi connectivity index (χ0n) is 70.3. The van der Waals surface area contributed by atoms with Crippen molar-refractivity contribution >= 4 is 120 Å². The van der Waals surface area contributed by atoms with Crippen LogP contribution < -0.4 is 78.1 Å². The Bertz CT molecular complexity index is 7460. The van der Waals surface area contributed by atoms with E-state index in [0.29, 0.717) is 0 Å². The van der Waals surface area contributed by atoms with E-state index in [1.807, 2.05) is 0 Å². The molecule has 9 heteroatoms. The molecule has 0 N–H and O–H groups in total. The van der Waals surface area contributed by atoms with Crippen LogP contribution in [0.1, 0.15) is 26.3 Å². The second-order valence-electron chi connectivity index (χ2n) is 35.2. The molecular weight excluding hydrogens is 1540 g/mol. The fourth-order valence-corrected chi connectivity index (χ4v) is 21.1. The first-order chi connectivity index (χ1) is 62.7. The summed E-state index contributed by atoms with van der Waals surface area (Å²) in [7, 11) is 0. The minimum absolute atomic E-state index is 0.389. The molecule has 19 aromatic carbocycles. The lowest BCUT2D eigenvalue weighted by molar-refractivity contribution is 0.467. The lowest BCUT2D eigenvalue weighted by Gasteiger charge is -2.49. The lowest BCUT2D eigenvalue weighted by atomic mass is 9.28. The number of para-hydroxylation sites is 2. The van der Waals surface area contributed by atoms with Gasteiger partial charge >= 0.3 is 0 Å². The van der Waals surface area contributed by atoms with Crippen molar-refractivity contribution in [3.05, 3.63) is 436 Å². The zero-order chi connectivity index (χ0) is 84.1. The van der Waals surface area contributed by atoms with Gasteiger partial charge in [0.1, 0.15) is 34.5 Å². The highest BCUT2D eigenvalue weighted by Gasteiger charge is 2.55. The summed E-state index contributed by atoms with van der Waals surface area (Å²) < 4.78 is 24.9. The Balaban J connectivity index is 0.878. The summed E-state index contributed by atoms with van der Waals surface area (Å²) in [6, 6.07) is 159. The average Bonchev–Trinajstić information content (AvgIpc) is 0.664. The first-order valence-corrected chi connectivity index (χ1v) is 44.1. The topological polar surface area (TPSA) is 37.4 Å². The van der Waals surface area contributed by atoms with Crippen molar-refractivity contribution in [1.82, 2.24) is 0 Å². The fourth-order valence-electron chi connectivity index (χ4n) is 21.1. The van der Waals surface area contributed by atoms with Crippen LogP contribution in [0.25, 0.3) is 100 Å². The van der Waals surface area contributed by atoms with Crippen molar-refractivity contribution in [2.75, 3.05) is 14.7 Å². The molecule has 0 bridgehead atoms. The summed E-state index contributed by atoms with van der Waals surface area (Å²) in [6.07, 6.45) is 0. The molecule has 6 nitrogen and oxygen atoms in total.